The first kappa shape index (κ1) is 28.5. The van der Waals surface area contributed by atoms with Gasteiger partial charge >= 0.3 is 11.9 Å². The molecule has 0 N–H and O–H groups in total. The highest BCUT2D eigenvalue weighted by molar-refractivity contribution is 5.92. The number of likely N-dealkylation sites (N-methyl/N-ethyl adjacent to an activating group) is 1. The molecule has 2 fully saturated rings. The molecule has 2 bridgehead atoms. The average Bonchev–Trinajstić information content (AvgIpc) is 3.29. The van der Waals surface area contributed by atoms with Gasteiger partial charge in [0.1, 0.15) is 11.7 Å². The van der Waals surface area contributed by atoms with Crippen molar-refractivity contribution in [3.63, 3.8) is 0 Å². The number of piperidine rings is 1. The predicted molar refractivity (Wildman–Crippen MR) is 158 cm³/mol. The zero-order valence-corrected chi connectivity index (χ0v) is 25.1. The van der Waals surface area contributed by atoms with Crippen LogP contribution in [0.3, 0.4) is 0 Å². The molecule has 1 amide bonds. The Bertz CT molecular complexity index is 1440. The first-order valence-corrected chi connectivity index (χ1v) is 15.0. The van der Waals surface area contributed by atoms with Gasteiger partial charge in [-0.15, -0.1) is 0 Å². The molecule has 2 aliphatic carbocycles. The molecular weight excluding hydrogens is 532 g/mol. The van der Waals surface area contributed by atoms with Crippen molar-refractivity contribution < 1.29 is 28.6 Å². The highest BCUT2D eigenvalue weighted by Crippen LogP contribution is 2.67. The van der Waals surface area contributed by atoms with Crippen molar-refractivity contribution in [2.24, 2.45) is 5.92 Å². The maximum Gasteiger partial charge on any atom is 0.308 e. The lowest BCUT2D eigenvalue weighted by atomic mass is 9.48. The Morgan fingerprint density at radius 1 is 1.10 bits per heavy atom. The van der Waals surface area contributed by atoms with Crippen LogP contribution in [0.4, 0.5) is 0 Å². The Morgan fingerprint density at radius 2 is 1.86 bits per heavy atom. The van der Waals surface area contributed by atoms with Crippen LogP contribution in [-0.2, 0) is 31.0 Å². The van der Waals surface area contributed by atoms with E-state index in [1.165, 1.54) is 13.8 Å². The molecule has 8 nitrogen and oxygen atoms in total. The molecule has 42 heavy (non-hydrogen) atoms. The second-order valence-electron chi connectivity index (χ2n) is 12.7. The van der Waals surface area contributed by atoms with Crippen LogP contribution in [0.25, 0.3) is 6.08 Å². The van der Waals surface area contributed by atoms with Gasteiger partial charge in [-0.3, -0.25) is 19.3 Å². The molecule has 222 valence electrons. The molecule has 0 aromatic heterocycles. The number of ether oxygens (including phenoxy) is 3. The Kier molecular flexibility index (Phi) is 7.16. The van der Waals surface area contributed by atoms with Gasteiger partial charge < -0.3 is 19.1 Å². The summed E-state index contributed by atoms with van der Waals surface area (Å²) in [5, 5.41) is 0. The lowest BCUT2D eigenvalue weighted by Crippen LogP contribution is -2.79. The molecule has 2 aromatic carbocycles. The van der Waals surface area contributed by atoms with E-state index < -0.39 is 23.1 Å². The predicted octanol–water partition coefficient (Wildman–Crippen LogP) is 4.53. The summed E-state index contributed by atoms with van der Waals surface area (Å²) in [7, 11) is 2.10. The summed E-state index contributed by atoms with van der Waals surface area (Å²) in [6.45, 7) is 8.43. The fourth-order valence-corrected chi connectivity index (χ4v) is 8.31. The summed E-state index contributed by atoms with van der Waals surface area (Å²) in [5.74, 6) is 0.337. The molecule has 2 aliphatic heterocycles. The number of benzene rings is 2. The summed E-state index contributed by atoms with van der Waals surface area (Å²) in [6, 6.07) is 13.3. The van der Waals surface area contributed by atoms with Gasteiger partial charge in [-0.25, -0.2) is 0 Å². The minimum Gasteiger partial charge on any atom is -0.483 e. The molecule has 4 aliphatic rings. The second-order valence-corrected chi connectivity index (χ2v) is 12.7. The fraction of sp³-hybridized carbons (Fsp3) is 0.500. The number of hydrogen-bond donors (Lipinski definition) is 0. The highest BCUT2D eigenvalue weighted by atomic mass is 16.6. The molecule has 2 heterocycles. The normalized spacial score (nSPS) is 29.1. The van der Waals surface area contributed by atoms with Crippen molar-refractivity contribution >= 4 is 23.9 Å². The van der Waals surface area contributed by atoms with E-state index in [9.17, 15) is 14.4 Å². The van der Waals surface area contributed by atoms with Crippen molar-refractivity contribution in [3.8, 4) is 11.5 Å². The molecule has 0 unspecified atom stereocenters. The summed E-state index contributed by atoms with van der Waals surface area (Å²) in [6.07, 6.45) is 5.65. The first-order valence-electron chi connectivity index (χ1n) is 15.0. The molecule has 6 rings (SSSR count). The van der Waals surface area contributed by atoms with Crippen LogP contribution in [0.2, 0.25) is 0 Å². The maximum absolute atomic E-state index is 14.0. The van der Waals surface area contributed by atoms with Crippen molar-refractivity contribution in [1.29, 1.82) is 0 Å². The van der Waals surface area contributed by atoms with E-state index in [1.54, 1.807) is 6.08 Å². The van der Waals surface area contributed by atoms with E-state index in [0.717, 1.165) is 23.2 Å². The molecule has 0 radical (unpaired) electrons. The maximum atomic E-state index is 14.0. The Hall–Kier alpha value is -3.65. The molecule has 1 saturated heterocycles. The molecule has 1 spiro atoms. The standard InChI is InChI=1S/C34H40N2O6/c1-21(2)20-36(29(39)14-11-24-9-7-6-8-10-24)26-15-16-34(42-23(4)38)28-19-25-12-13-27(40-22(3)37)31-30(25)33(34,32(26)41-31)17-18-35(28)5/h6-14,21,26,28,32H,15-20H2,1-5H3/t26-,28-,32+,33+,34-/m1/s1. The van der Waals surface area contributed by atoms with E-state index >= 15 is 0 Å². The lowest BCUT2D eigenvalue weighted by Gasteiger charge is -2.65. The van der Waals surface area contributed by atoms with Crippen molar-refractivity contribution in [1.82, 2.24) is 9.80 Å². The molecule has 2 aromatic rings. The number of hydrogen-bond acceptors (Lipinski definition) is 7. The Balaban J connectivity index is 1.50. The molecular formula is C34H40N2O6. The van der Waals surface area contributed by atoms with E-state index in [-0.39, 0.29) is 29.9 Å². The summed E-state index contributed by atoms with van der Waals surface area (Å²) >= 11 is 0. The molecule has 1 saturated carbocycles. The zero-order chi connectivity index (χ0) is 29.8. The van der Waals surface area contributed by atoms with Crippen LogP contribution in [0.5, 0.6) is 11.5 Å². The summed E-state index contributed by atoms with van der Waals surface area (Å²) in [4.78, 5) is 43.2. The van der Waals surface area contributed by atoms with Gasteiger partial charge in [-0.1, -0.05) is 50.2 Å². The van der Waals surface area contributed by atoms with Crippen molar-refractivity contribution in [3.05, 3.63) is 65.2 Å². The van der Waals surface area contributed by atoms with Gasteiger partial charge in [0.15, 0.2) is 11.5 Å². The van der Waals surface area contributed by atoms with Crippen LogP contribution in [0.15, 0.2) is 48.5 Å². The van der Waals surface area contributed by atoms with Gasteiger partial charge in [0.05, 0.1) is 17.5 Å². The van der Waals surface area contributed by atoms with E-state index in [1.807, 2.05) is 53.4 Å². The first-order chi connectivity index (χ1) is 20.1. The number of carbonyl (C=O) groups is 3. The smallest absolute Gasteiger partial charge is 0.308 e. The molecule has 5 atom stereocenters. The van der Waals surface area contributed by atoms with Crippen molar-refractivity contribution in [2.75, 3.05) is 20.1 Å². The Labute approximate surface area is 247 Å². The monoisotopic (exact) mass is 572 g/mol. The largest absolute Gasteiger partial charge is 0.483 e. The fourth-order valence-electron chi connectivity index (χ4n) is 8.31. The molecule has 8 heteroatoms. The van der Waals surface area contributed by atoms with Gasteiger partial charge in [0, 0.05) is 32.0 Å². The highest BCUT2D eigenvalue weighted by Gasteiger charge is 2.75. The van der Waals surface area contributed by atoms with E-state index in [0.29, 0.717) is 43.7 Å². The number of esters is 2. The van der Waals surface area contributed by atoms with Crippen LogP contribution < -0.4 is 9.47 Å². The average molecular weight is 573 g/mol. The third-order valence-electron chi connectivity index (χ3n) is 9.69. The third kappa shape index (κ3) is 4.34. The van der Waals surface area contributed by atoms with Gasteiger partial charge in [-0.2, -0.15) is 0 Å². The topological polar surface area (TPSA) is 85.4 Å². The van der Waals surface area contributed by atoms with E-state index in [2.05, 4.69) is 25.8 Å². The second kappa shape index (κ2) is 10.6. The summed E-state index contributed by atoms with van der Waals surface area (Å²) in [5.41, 5.74) is 1.55. The van der Waals surface area contributed by atoms with Crippen LogP contribution in [-0.4, -0.2) is 71.6 Å². The third-order valence-corrected chi connectivity index (χ3v) is 9.69. The van der Waals surface area contributed by atoms with Gasteiger partial charge in [-0.05, 0) is 68.5 Å². The van der Waals surface area contributed by atoms with Crippen LogP contribution in [0, 0.1) is 5.92 Å². The number of carbonyl (C=O) groups excluding carboxylic acids is 3. The number of amides is 1. The van der Waals surface area contributed by atoms with Gasteiger partial charge in [0.25, 0.3) is 0 Å². The number of nitrogens with zero attached hydrogens (tertiary/aromatic N) is 2. The number of rotatable bonds is 7. The van der Waals surface area contributed by atoms with Crippen LogP contribution >= 0.6 is 0 Å². The quantitative estimate of drug-likeness (QED) is 0.274. The minimum atomic E-state index is -0.827. The SMILES string of the molecule is CC(=O)Oc1ccc2c3c1O[C@H]1[C@H](N(CC(C)C)C(=O)C=Cc4ccccc4)CC[C@@]4(OC(C)=O)[C@@H](C2)N(C)CC[C@]314. The van der Waals surface area contributed by atoms with Crippen molar-refractivity contribution in [2.45, 2.75) is 82.6 Å². The van der Waals surface area contributed by atoms with Gasteiger partial charge in [0.2, 0.25) is 5.91 Å². The van der Waals surface area contributed by atoms with E-state index in [4.69, 9.17) is 14.2 Å². The van der Waals surface area contributed by atoms with Crippen LogP contribution in [0.1, 0.15) is 63.6 Å². The Morgan fingerprint density at radius 3 is 2.55 bits per heavy atom. The minimum absolute atomic E-state index is 0.0348. The zero-order valence-electron chi connectivity index (χ0n) is 25.1. The lowest BCUT2D eigenvalue weighted by molar-refractivity contribution is -0.221. The number of likely N-dealkylation sites (tertiary alicyclic amines) is 1. The summed E-state index contributed by atoms with van der Waals surface area (Å²) < 4.78 is 19.1.